The van der Waals surface area contributed by atoms with Crippen molar-refractivity contribution < 1.29 is 19.4 Å². The minimum atomic E-state index is -0.664. The maximum atomic E-state index is 10.7. The van der Waals surface area contributed by atoms with Gasteiger partial charge in [0.05, 0.1) is 12.8 Å². The van der Waals surface area contributed by atoms with Gasteiger partial charge >= 0.3 is 0 Å². The van der Waals surface area contributed by atoms with Crippen molar-refractivity contribution in [3.05, 3.63) is 95.0 Å². The molecule has 7 heteroatoms. The summed E-state index contributed by atoms with van der Waals surface area (Å²) in [6, 6.07) is 25.1. The standard InChI is InChI=1S/C27H29ClN2O4/c1-32-24-12-10-21(11-13-24)27-15-26(34-29-27)18-30(16-20-6-5-7-22(28)14-20)17-23(31)19-33-25-8-3-2-4-9-25/h2-14,23,26,31H,15-19H2,1H3/t23-,26+/m0/s1. The number of ether oxygens (including phenoxy) is 2. The fourth-order valence-corrected chi connectivity index (χ4v) is 4.14. The number of aliphatic hydroxyl groups excluding tert-OH is 1. The van der Waals surface area contributed by atoms with Gasteiger partial charge in [-0.2, -0.15) is 0 Å². The number of hydrogen-bond acceptors (Lipinski definition) is 6. The average molecular weight is 481 g/mol. The molecule has 0 unspecified atom stereocenters. The van der Waals surface area contributed by atoms with Crippen LogP contribution in [0.5, 0.6) is 11.5 Å². The summed E-state index contributed by atoms with van der Waals surface area (Å²) in [7, 11) is 1.65. The van der Waals surface area contributed by atoms with Gasteiger partial charge in [0.1, 0.15) is 30.3 Å². The molecule has 0 amide bonds. The molecule has 0 spiro atoms. The number of aliphatic hydroxyl groups is 1. The molecule has 0 saturated carbocycles. The third-order valence-electron chi connectivity index (χ3n) is 5.57. The molecule has 0 aliphatic carbocycles. The number of para-hydroxylation sites is 1. The van der Waals surface area contributed by atoms with Crippen LogP contribution in [0.15, 0.2) is 84.0 Å². The van der Waals surface area contributed by atoms with Crippen LogP contribution in [0.1, 0.15) is 17.5 Å². The summed E-state index contributed by atoms with van der Waals surface area (Å²) in [4.78, 5) is 7.91. The number of nitrogens with zero attached hydrogens (tertiary/aromatic N) is 2. The summed E-state index contributed by atoms with van der Waals surface area (Å²) in [6.07, 6.45) is -0.0871. The third-order valence-corrected chi connectivity index (χ3v) is 5.80. The number of hydrogen-bond donors (Lipinski definition) is 1. The van der Waals surface area contributed by atoms with Crippen LogP contribution in [-0.4, -0.2) is 54.7 Å². The number of halogens is 1. The second-order valence-corrected chi connectivity index (χ2v) is 8.74. The molecule has 2 atom stereocenters. The normalized spacial score (nSPS) is 16.1. The molecule has 1 aliphatic rings. The van der Waals surface area contributed by atoms with E-state index >= 15 is 0 Å². The van der Waals surface area contributed by atoms with Crippen LogP contribution < -0.4 is 9.47 Å². The molecule has 0 fully saturated rings. The Balaban J connectivity index is 1.37. The molecule has 0 radical (unpaired) electrons. The zero-order valence-electron chi connectivity index (χ0n) is 19.1. The second kappa shape index (κ2) is 11.9. The van der Waals surface area contributed by atoms with Gasteiger partial charge in [-0.3, -0.25) is 4.90 Å². The SMILES string of the molecule is COc1ccc(C2=NO[C@@H](CN(Cc3cccc(Cl)c3)C[C@H](O)COc3ccccc3)C2)cc1. The van der Waals surface area contributed by atoms with Crippen molar-refractivity contribution in [3.8, 4) is 11.5 Å². The van der Waals surface area contributed by atoms with Gasteiger partial charge in [-0.1, -0.05) is 47.1 Å². The van der Waals surface area contributed by atoms with Gasteiger partial charge < -0.3 is 19.4 Å². The lowest BCUT2D eigenvalue weighted by Crippen LogP contribution is -2.39. The Kier molecular flexibility index (Phi) is 8.41. The lowest BCUT2D eigenvalue weighted by Gasteiger charge is -2.27. The average Bonchev–Trinajstić information content (AvgIpc) is 3.32. The highest BCUT2D eigenvalue weighted by Crippen LogP contribution is 2.21. The molecule has 0 saturated heterocycles. The zero-order valence-corrected chi connectivity index (χ0v) is 19.9. The van der Waals surface area contributed by atoms with E-state index in [-0.39, 0.29) is 12.7 Å². The lowest BCUT2D eigenvalue weighted by atomic mass is 10.0. The van der Waals surface area contributed by atoms with Crippen molar-refractivity contribution in [1.82, 2.24) is 4.90 Å². The highest BCUT2D eigenvalue weighted by atomic mass is 35.5. The second-order valence-electron chi connectivity index (χ2n) is 8.30. The van der Waals surface area contributed by atoms with E-state index < -0.39 is 6.10 Å². The number of rotatable bonds is 11. The fourth-order valence-electron chi connectivity index (χ4n) is 3.93. The number of oxime groups is 1. The zero-order chi connectivity index (χ0) is 23.8. The van der Waals surface area contributed by atoms with Crippen LogP contribution >= 0.6 is 11.6 Å². The molecule has 3 aromatic rings. The molecule has 4 rings (SSSR count). The van der Waals surface area contributed by atoms with Gasteiger partial charge in [0.15, 0.2) is 0 Å². The molecule has 1 N–H and O–H groups in total. The van der Waals surface area contributed by atoms with E-state index in [2.05, 4.69) is 10.1 Å². The van der Waals surface area contributed by atoms with Crippen molar-refractivity contribution in [2.75, 3.05) is 26.8 Å². The summed E-state index contributed by atoms with van der Waals surface area (Å²) in [6.45, 7) is 1.87. The van der Waals surface area contributed by atoms with E-state index in [1.165, 1.54) is 0 Å². The van der Waals surface area contributed by atoms with Gasteiger partial charge in [-0.25, -0.2) is 0 Å². The molecule has 1 heterocycles. The molecular formula is C27H29ClN2O4. The minimum Gasteiger partial charge on any atom is -0.497 e. The maximum Gasteiger partial charge on any atom is 0.145 e. The van der Waals surface area contributed by atoms with E-state index in [0.29, 0.717) is 31.1 Å². The summed E-state index contributed by atoms with van der Waals surface area (Å²) in [5, 5.41) is 15.7. The van der Waals surface area contributed by atoms with Crippen LogP contribution in [0, 0.1) is 0 Å². The highest BCUT2D eigenvalue weighted by molar-refractivity contribution is 6.30. The van der Waals surface area contributed by atoms with Gasteiger partial charge in [0.25, 0.3) is 0 Å². The molecule has 1 aliphatic heterocycles. The van der Waals surface area contributed by atoms with Crippen LogP contribution in [0.25, 0.3) is 0 Å². The summed E-state index contributed by atoms with van der Waals surface area (Å²) in [5.41, 5.74) is 2.99. The van der Waals surface area contributed by atoms with E-state index in [9.17, 15) is 5.11 Å². The summed E-state index contributed by atoms with van der Waals surface area (Å²) < 4.78 is 11.0. The topological polar surface area (TPSA) is 63.5 Å². The van der Waals surface area contributed by atoms with Crippen molar-refractivity contribution in [2.45, 2.75) is 25.2 Å². The lowest BCUT2D eigenvalue weighted by molar-refractivity contribution is 0.0213. The smallest absolute Gasteiger partial charge is 0.145 e. The monoisotopic (exact) mass is 480 g/mol. The summed E-state index contributed by atoms with van der Waals surface area (Å²) >= 11 is 6.19. The predicted octanol–water partition coefficient (Wildman–Crippen LogP) is 4.78. The number of benzene rings is 3. The van der Waals surface area contributed by atoms with E-state index in [1.54, 1.807) is 7.11 Å². The molecule has 178 valence electrons. The van der Waals surface area contributed by atoms with Crippen LogP contribution in [-0.2, 0) is 11.4 Å². The van der Waals surface area contributed by atoms with Gasteiger partial charge in [-0.15, -0.1) is 0 Å². The van der Waals surface area contributed by atoms with Crippen molar-refractivity contribution in [2.24, 2.45) is 5.16 Å². The fraction of sp³-hybridized carbons (Fsp3) is 0.296. The van der Waals surface area contributed by atoms with Gasteiger partial charge in [0, 0.05) is 31.1 Å². The third kappa shape index (κ3) is 6.97. The van der Waals surface area contributed by atoms with Crippen molar-refractivity contribution in [1.29, 1.82) is 0 Å². The molecular weight excluding hydrogens is 452 g/mol. The van der Waals surface area contributed by atoms with E-state index in [4.69, 9.17) is 25.9 Å². The Morgan fingerprint density at radius 1 is 1.06 bits per heavy atom. The quantitative estimate of drug-likeness (QED) is 0.427. The first-order valence-electron chi connectivity index (χ1n) is 11.3. The molecule has 34 heavy (non-hydrogen) atoms. The van der Waals surface area contributed by atoms with Gasteiger partial charge in [-0.05, 0) is 59.7 Å². The molecule has 0 aromatic heterocycles. The molecule has 3 aromatic carbocycles. The largest absolute Gasteiger partial charge is 0.497 e. The van der Waals surface area contributed by atoms with E-state index in [1.807, 2.05) is 78.9 Å². The van der Waals surface area contributed by atoms with Crippen molar-refractivity contribution in [3.63, 3.8) is 0 Å². The van der Waals surface area contributed by atoms with Crippen LogP contribution in [0.4, 0.5) is 0 Å². The van der Waals surface area contributed by atoms with Crippen LogP contribution in [0.2, 0.25) is 5.02 Å². The Bertz CT molecular complexity index is 1080. The Labute approximate surface area is 205 Å². The molecule has 0 bridgehead atoms. The molecule has 6 nitrogen and oxygen atoms in total. The Morgan fingerprint density at radius 3 is 2.59 bits per heavy atom. The highest BCUT2D eigenvalue weighted by Gasteiger charge is 2.26. The van der Waals surface area contributed by atoms with E-state index in [0.717, 1.165) is 28.3 Å². The number of methoxy groups -OCH3 is 1. The predicted molar refractivity (Wildman–Crippen MR) is 134 cm³/mol. The van der Waals surface area contributed by atoms with Gasteiger partial charge in [0.2, 0.25) is 0 Å². The summed E-state index contributed by atoms with van der Waals surface area (Å²) in [5.74, 6) is 1.54. The maximum absolute atomic E-state index is 10.7. The van der Waals surface area contributed by atoms with Crippen LogP contribution in [0.3, 0.4) is 0 Å². The van der Waals surface area contributed by atoms with Crippen molar-refractivity contribution >= 4 is 17.3 Å². The Hall–Kier alpha value is -3.06. The Morgan fingerprint density at radius 2 is 1.85 bits per heavy atom. The first-order valence-corrected chi connectivity index (χ1v) is 11.7. The first kappa shape index (κ1) is 24.1. The minimum absolute atomic E-state index is 0.112. The first-order chi connectivity index (χ1) is 16.6.